The Balaban J connectivity index is 1.63. The Labute approximate surface area is 172 Å². The topological polar surface area (TPSA) is 182 Å². The summed E-state index contributed by atoms with van der Waals surface area (Å²) in [6.07, 6.45) is -14.2. The molecule has 2 aliphatic heterocycles. The summed E-state index contributed by atoms with van der Waals surface area (Å²) in [6, 6.07) is 10.4. The van der Waals surface area contributed by atoms with Crippen molar-refractivity contribution in [2.45, 2.75) is 61.4 Å². The van der Waals surface area contributed by atoms with Gasteiger partial charge in [0.05, 0.1) is 19.3 Å². The van der Waals surface area contributed by atoms with Crippen LogP contribution in [0.4, 0.5) is 0 Å². The third kappa shape index (κ3) is 4.96. The number of nitriles is 1. The van der Waals surface area contributed by atoms with Crippen LogP contribution in [0.2, 0.25) is 0 Å². The third-order valence-corrected chi connectivity index (χ3v) is 5.04. The molecule has 1 aromatic carbocycles. The van der Waals surface area contributed by atoms with E-state index in [0.717, 1.165) is 0 Å². The highest BCUT2D eigenvalue weighted by Gasteiger charge is 2.46. The number of hydrogen-bond acceptors (Lipinski definition) is 11. The van der Waals surface area contributed by atoms with Crippen molar-refractivity contribution in [2.24, 2.45) is 0 Å². The fourth-order valence-corrected chi connectivity index (χ4v) is 3.23. The van der Waals surface area contributed by atoms with E-state index in [-0.39, 0.29) is 6.61 Å². The van der Waals surface area contributed by atoms with Gasteiger partial charge in [-0.2, -0.15) is 5.26 Å². The predicted octanol–water partition coefficient (Wildman–Crippen LogP) is -2.47. The summed E-state index contributed by atoms with van der Waals surface area (Å²) in [6.45, 7) is -0.678. The number of rotatable bonds is 6. The van der Waals surface area contributed by atoms with Crippen molar-refractivity contribution >= 4 is 0 Å². The van der Waals surface area contributed by atoms with E-state index in [2.05, 4.69) is 0 Å². The second-order valence-corrected chi connectivity index (χ2v) is 7.15. The van der Waals surface area contributed by atoms with Gasteiger partial charge in [0.2, 0.25) is 0 Å². The first-order valence-corrected chi connectivity index (χ1v) is 9.40. The zero-order valence-corrected chi connectivity index (χ0v) is 15.8. The number of benzene rings is 1. The van der Waals surface area contributed by atoms with Crippen LogP contribution < -0.4 is 0 Å². The van der Waals surface area contributed by atoms with Crippen molar-refractivity contribution in [1.82, 2.24) is 0 Å². The summed E-state index contributed by atoms with van der Waals surface area (Å²) in [5.41, 5.74) is 0.510. The number of hydrogen-bond donors (Lipinski definition) is 6. The smallest absolute Gasteiger partial charge is 0.188 e. The largest absolute Gasteiger partial charge is 0.388 e. The quantitative estimate of drug-likeness (QED) is 0.283. The van der Waals surface area contributed by atoms with Gasteiger partial charge >= 0.3 is 0 Å². The Bertz CT molecular complexity index is 715. The Morgan fingerprint density at radius 2 is 1.60 bits per heavy atom. The first kappa shape index (κ1) is 23.0. The third-order valence-electron chi connectivity index (χ3n) is 5.04. The Morgan fingerprint density at radius 1 is 0.933 bits per heavy atom. The summed E-state index contributed by atoms with van der Waals surface area (Å²) in [5, 5.41) is 69.0. The molecule has 10 atom stereocenters. The highest BCUT2D eigenvalue weighted by Crippen LogP contribution is 2.28. The minimum absolute atomic E-state index is 0.273. The summed E-state index contributed by atoms with van der Waals surface area (Å²) in [4.78, 5) is 0. The summed E-state index contributed by atoms with van der Waals surface area (Å²) >= 11 is 0. The number of aliphatic hydroxyl groups is 6. The lowest BCUT2D eigenvalue weighted by Gasteiger charge is -2.41. The van der Waals surface area contributed by atoms with Gasteiger partial charge in [-0.25, -0.2) is 0 Å². The highest BCUT2D eigenvalue weighted by atomic mass is 16.7. The number of aliphatic hydroxyl groups excluding tert-OH is 6. The Morgan fingerprint density at radius 3 is 2.27 bits per heavy atom. The maximum absolute atomic E-state index is 10.2. The molecule has 0 bridgehead atoms. The van der Waals surface area contributed by atoms with Gasteiger partial charge < -0.3 is 49.6 Å². The molecule has 2 heterocycles. The van der Waals surface area contributed by atoms with Crippen LogP contribution in [0.25, 0.3) is 0 Å². The molecule has 166 valence electrons. The van der Waals surface area contributed by atoms with Gasteiger partial charge in [-0.1, -0.05) is 30.3 Å². The molecule has 0 aromatic heterocycles. The molecule has 30 heavy (non-hydrogen) atoms. The van der Waals surface area contributed by atoms with Crippen LogP contribution in [0.3, 0.4) is 0 Å². The van der Waals surface area contributed by atoms with E-state index in [9.17, 15) is 35.9 Å². The van der Waals surface area contributed by atoms with Gasteiger partial charge in [0.25, 0.3) is 0 Å². The van der Waals surface area contributed by atoms with E-state index in [0.29, 0.717) is 5.56 Å². The standard InChI is InChI=1S/C19H25NO10/c20-6-11(9-4-2-1-3-5-9)29-19-17(26)15(24)14(23)12(30-19)8-28-18-16(25)13(22)10(21)7-27-18/h1-5,10-19,21-26H,7-8H2/t10-,11-,12+,13-,14+,15-,16+,17+,18+,19+/m0/s1. The zero-order valence-electron chi connectivity index (χ0n) is 15.8. The molecule has 2 saturated heterocycles. The van der Waals surface area contributed by atoms with E-state index >= 15 is 0 Å². The lowest BCUT2D eigenvalue weighted by Crippen LogP contribution is -2.60. The van der Waals surface area contributed by atoms with Crippen LogP contribution in [0.1, 0.15) is 11.7 Å². The Kier molecular flexibility index (Phi) is 7.72. The van der Waals surface area contributed by atoms with Crippen molar-refractivity contribution in [3.63, 3.8) is 0 Å². The van der Waals surface area contributed by atoms with Crippen LogP contribution in [0.15, 0.2) is 30.3 Å². The molecule has 0 amide bonds. The maximum Gasteiger partial charge on any atom is 0.188 e. The minimum Gasteiger partial charge on any atom is -0.388 e. The summed E-state index contributed by atoms with van der Waals surface area (Å²) in [7, 11) is 0. The molecule has 0 unspecified atom stereocenters. The monoisotopic (exact) mass is 427 g/mol. The molecule has 0 radical (unpaired) electrons. The van der Waals surface area contributed by atoms with Crippen LogP contribution in [-0.2, 0) is 18.9 Å². The van der Waals surface area contributed by atoms with Crippen molar-refractivity contribution < 1.29 is 49.6 Å². The van der Waals surface area contributed by atoms with Crippen molar-refractivity contribution in [3.05, 3.63) is 35.9 Å². The van der Waals surface area contributed by atoms with Crippen molar-refractivity contribution in [2.75, 3.05) is 13.2 Å². The average molecular weight is 427 g/mol. The second-order valence-electron chi connectivity index (χ2n) is 7.15. The van der Waals surface area contributed by atoms with E-state index in [1.807, 2.05) is 6.07 Å². The lowest BCUT2D eigenvalue weighted by atomic mass is 9.99. The van der Waals surface area contributed by atoms with Gasteiger partial charge in [-0.3, -0.25) is 0 Å². The first-order chi connectivity index (χ1) is 14.3. The van der Waals surface area contributed by atoms with E-state index in [1.165, 1.54) is 0 Å². The fraction of sp³-hybridized carbons (Fsp3) is 0.632. The van der Waals surface area contributed by atoms with Gasteiger partial charge in [0.1, 0.15) is 42.7 Å². The molecule has 1 aromatic rings. The van der Waals surface area contributed by atoms with Gasteiger partial charge in [-0.15, -0.1) is 0 Å². The number of ether oxygens (including phenoxy) is 4. The van der Waals surface area contributed by atoms with Crippen LogP contribution in [0.5, 0.6) is 0 Å². The molecule has 3 rings (SSSR count). The van der Waals surface area contributed by atoms with Crippen molar-refractivity contribution in [3.8, 4) is 6.07 Å². The van der Waals surface area contributed by atoms with Crippen LogP contribution in [0, 0.1) is 11.3 Å². The van der Waals surface area contributed by atoms with E-state index < -0.39 is 68.0 Å². The molecule has 6 N–H and O–H groups in total. The molecule has 2 aliphatic rings. The van der Waals surface area contributed by atoms with Crippen LogP contribution >= 0.6 is 0 Å². The van der Waals surface area contributed by atoms with Gasteiger partial charge in [0.15, 0.2) is 18.7 Å². The molecule has 2 fully saturated rings. The number of nitrogens with zero attached hydrogens (tertiary/aromatic N) is 1. The molecular weight excluding hydrogens is 402 g/mol. The molecule has 11 nitrogen and oxygen atoms in total. The maximum atomic E-state index is 10.2. The molecule has 0 aliphatic carbocycles. The lowest BCUT2D eigenvalue weighted by molar-refractivity contribution is -0.325. The zero-order chi connectivity index (χ0) is 21.8. The molecular formula is C19H25NO10. The first-order valence-electron chi connectivity index (χ1n) is 9.40. The van der Waals surface area contributed by atoms with E-state index in [1.54, 1.807) is 30.3 Å². The molecule has 11 heteroatoms. The normalized spacial score (nSPS) is 40.5. The summed E-state index contributed by atoms with van der Waals surface area (Å²) in [5.74, 6) is 0. The van der Waals surface area contributed by atoms with Gasteiger partial charge in [-0.05, 0) is 5.56 Å². The van der Waals surface area contributed by atoms with Gasteiger partial charge in [0, 0.05) is 0 Å². The Hall–Kier alpha value is -1.69. The van der Waals surface area contributed by atoms with Crippen molar-refractivity contribution in [1.29, 1.82) is 5.26 Å². The highest BCUT2D eigenvalue weighted by molar-refractivity contribution is 5.22. The fourth-order valence-electron chi connectivity index (χ4n) is 3.23. The van der Waals surface area contributed by atoms with E-state index in [4.69, 9.17) is 18.9 Å². The second kappa shape index (κ2) is 10.1. The summed E-state index contributed by atoms with van der Waals surface area (Å²) < 4.78 is 21.5. The molecule has 0 spiro atoms. The average Bonchev–Trinajstić information content (AvgIpc) is 2.76. The minimum atomic E-state index is -1.66. The SMILES string of the molecule is N#C[C@H](O[C@@H]1O[C@H](CO[C@H]2OC[C@H](O)[C@H](O)[C@H]2O)[C@@H](O)[C@H](O)[C@H]1O)c1ccccc1. The predicted molar refractivity (Wildman–Crippen MR) is 96.3 cm³/mol. The molecule has 0 saturated carbocycles. The van der Waals surface area contributed by atoms with Crippen LogP contribution in [-0.4, -0.2) is 99.2 Å².